The standard InChI is InChI=1S/C21H27NO3S/c1-14-8-9-22(18-4-2-3-5-19(18)26-14)20(23)13-25-21(24)12-17-11-15-6-7-16(17)10-15/h2-5,14-17H,6-13H2,1H3/t14-,15-,16-,17-/m0/s1. The van der Waals surface area contributed by atoms with Gasteiger partial charge in [-0.1, -0.05) is 25.5 Å². The van der Waals surface area contributed by atoms with Crippen molar-refractivity contribution in [2.45, 2.75) is 55.6 Å². The molecule has 0 radical (unpaired) electrons. The van der Waals surface area contributed by atoms with E-state index in [0.717, 1.165) is 22.9 Å². The van der Waals surface area contributed by atoms with Gasteiger partial charge in [-0.15, -0.1) is 11.8 Å². The number of carbonyl (C=O) groups is 2. The molecular formula is C21H27NO3S. The highest BCUT2D eigenvalue weighted by Crippen LogP contribution is 2.49. The van der Waals surface area contributed by atoms with Gasteiger partial charge in [0.05, 0.1) is 5.69 Å². The lowest BCUT2D eigenvalue weighted by Crippen LogP contribution is -2.36. The number of esters is 1. The molecule has 5 heteroatoms. The van der Waals surface area contributed by atoms with E-state index in [-0.39, 0.29) is 18.5 Å². The minimum Gasteiger partial charge on any atom is -0.456 e. The Kier molecular flexibility index (Phi) is 5.25. The predicted octanol–water partition coefficient (Wildman–Crippen LogP) is 4.27. The van der Waals surface area contributed by atoms with Crippen molar-refractivity contribution in [1.29, 1.82) is 0 Å². The Morgan fingerprint density at radius 3 is 2.81 bits per heavy atom. The van der Waals surface area contributed by atoms with Gasteiger partial charge in [0.15, 0.2) is 6.61 Å². The predicted molar refractivity (Wildman–Crippen MR) is 103 cm³/mol. The number of amides is 1. The van der Waals surface area contributed by atoms with Crippen LogP contribution in [0.25, 0.3) is 0 Å². The van der Waals surface area contributed by atoms with Crippen LogP contribution >= 0.6 is 11.8 Å². The summed E-state index contributed by atoms with van der Waals surface area (Å²) in [4.78, 5) is 27.9. The summed E-state index contributed by atoms with van der Waals surface area (Å²) < 4.78 is 5.37. The molecule has 26 heavy (non-hydrogen) atoms. The highest BCUT2D eigenvalue weighted by molar-refractivity contribution is 8.00. The van der Waals surface area contributed by atoms with Gasteiger partial charge in [-0.3, -0.25) is 9.59 Å². The van der Waals surface area contributed by atoms with Crippen molar-refractivity contribution in [2.75, 3.05) is 18.1 Å². The van der Waals surface area contributed by atoms with Crippen LogP contribution in [0.2, 0.25) is 0 Å². The zero-order chi connectivity index (χ0) is 18.1. The summed E-state index contributed by atoms with van der Waals surface area (Å²) in [6.45, 7) is 2.71. The van der Waals surface area contributed by atoms with Crippen LogP contribution in [0, 0.1) is 17.8 Å². The summed E-state index contributed by atoms with van der Waals surface area (Å²) in [5.41, 5.74) is 0.941. The van der Waals surface area contributed by atoms with Gasteiger partial charge in [-0.2, -0.15) is 0 Å². The fourth-order valence-corrected chi connectivity index (χ4v) is 5.98. The molecule has 4 rings (SSSR count). The number of para-hydroxylation sites is 1. The van der Waals surface area contributed by atoms with Crippen molar-refractivity contribution < 1.29 is 14.3 Å². The van der Waals surface area contributed by atoms with Crippen molar-refractivity contribution in [2.24, 2.45) is 17.8 Å². The third kappa shape index (κ3) is 3.78. The van der Waals surface area contributed by atoms with E-state index in [9.17, 15) is 9.59 Å². The first kappa shape index (κ1) is 17.9. The van der Waals surface area contributed by atoms with Gasteiger partial charge in [-0.05, 0) is 55.6 Å². The summed E-state index contributed by atoms with van der Waals surface area (Å²) in [5.74, 6) is 1.69. The number of rotatable bonds is 4. The number of ether oxygens (including phenoxy) is 1. The lowest BCUT2D eigenvalue weighted by molar-refractivity contribution is -0.149. The van der Waals surface area contributed by atoms with Crippen molar-refractivity contribution in [3.8, 4) is 0 Å². The van der Waals surface area contributed by atoms with E-state index in [2.05, 4.69) is 13.0 Å². The van der Waals surface area contributed by atoms with Gasteiger partial charge in [0.25, 0.3) is 5.91 Å². The molecule has 1 amide bonds. The van der Waals surface area contributed by atoms with E-state index in [1.807, 2.05) is 18.2 Å². The first-order valence-corrected chi connectivity index (χ1v) is 10.7. The summed E-state index contributed by atoms with van der Waals surface area (Å²) in [7, 11) is 0. The third-order valence-electron chi connectivity index (χ3n) is 6.21. The first-order valence-electron chi connectivity index (χ1n) is 9.82. The quantitative estimate of drug-likeness (QED) is 0.739. The Bertz CT molecular complexity index is 692. The number of carbonyl (C=O) groups excluding carboxylic acids is 2. The molecule has 1 heterocycles. The maximum atomic E-state index is 12.7. The van der Waals surface area contributed by atoms with E-state index in [1.54, 1.807) is 16.7 Å². The number of benzene rings is 1. The normalized spacial score (nSPS) is 30.0. The highest BCUT2D eigenvalue weighted by Gasteiger charge is 2.40. The molecule has 0 saturated heterocycles. The molecule has 2 bridgehead atoms. The Morgan fingerprint density at radius 1 is 1.19 bits per heavy atom. The molecule has 0 unspecified atom stereocenters. The van der Waals surface area contributed by atoms with Crippen molar-refractivity contribution in [1.82, 2.24) is 0 Å². The highest BCUT2D eigenvalue weighted by atomic mass is 32.2. The van der Waals surface area contributed by atoms with E-state index in [1.165, 1.54) is 25.7 Å². The maximum Gasteiger partial charge on any atom is 0.306 e. The van der Waals surface area contributed by atoms with Crippen LogP contribution in [-0.2, 0) is 14.3 Å². The van der Waals surface area contributed by atoms with E-state index < -0.39 is 0 Å². The first-order chi connectivity index (χ1) is 12.6. The molecule has 1 aliphatic heterocycles. The molecule has 140 valence electrons. The van der Waals surface area contributed by atoms with Crippen molar-refractivity contribution in [3.05, 3.63) is 24.3 Å². The third-order valence-corrected chi connectivity index (χ3v) is 7.45. The molecule has 0 aromatic heterocycles. The molecule has 1 aromatic carbocycles. The Balaban J connectivity index is 1.33. The molecular weight excluding hydrogens is 346 g/mol. The second-order valence-corrected chi connectivity index (χ2v) is 9.51. The van der Waals surface area contributed by atoms with Crippen LogP contribution in [0.3, 0.4) is 0 Å². The fraction of sp³-hybridized carbons (Fsp3) is 0.619. The second kappa shape index (κ2) is 7.63. The van der Waals surface area contributed by atoms with Crippen LogP contribution in [0.5, 0.6) is 0 Å². The van der Waals surface area contributed by atoms with E-state index in [4.69, 9.17) is 4.74 Å². The van der Waals surface area contributed by atoms with Crippen LogP contribution < -0.4 is 4.90 Å². The zero-order valence-corrected chi connectivity index (χ0v) is 16.2. The Labute approximate surface area is 159 Å². The minimum absolute atomic E-state index is 0.117. The summed E-state index contributed by atoms with van der Waals surface area (Å²) >= 11 is 1.80. The maximum absolute atomic E-state index is 12.7. The zero-order valence-electron chi connectivity index (χ0n) is 15.4. The summed E-state index contributed by atoms with van der Waals surface area (Å²) in [6, 6.07) is 8.00. The number of hydrogen-bond donors (Lipinski definition) is 0. The van der Waals surface area contributed by atoms with Gasteiger partial charge in [0.1, 0.15) is 0 Å². The number of hydrogen-bond acceptors (Lipinski definition) is 4. The smallest absolute Gasteiger partial charge is 0.306 e. The van der Waals surface area contributed by atoms with E-state index >= 15 is 0 Å². The number of fused-ring (bicyclic) bond motifs is 3. The Morgan fingerprint density at radius 2 is 2.04 bits per heavy atom. The molecule has 0 N–H and O–H groups in total. The SMILES string of the molecule is C[C@H]1CCN(C(=O)COC(=O)C[C@@H]2C[C@H]3CC[C@H]2C3)c2ccccc2S1. The average molecular weight is 374 g/mol. The average Bonchev–Trinajstić information content (AvgIpc) is 3.19. The van der Waals surface area contributed by atoms with Gasteiger partial charge >= 0.3 is 5.97 Å². The van der Waals surface area contributed by atoms with Gasteiger partial charge in [0, 0.05) is 23.1 Å². The number of thioether (sulfide) groups is 1. The lowest BCUT2D eigenvalue weighted by Gasteiger charge is -2.23. The second-order valence-electron chi connectivity index (χ2n) is 8.03. The van der Waals surface area contributed by atoms with Crippen LogP contribution in [-0.4, -0.2) is 30.3 Å². The summed E-state index contributed by atoms with van der Waals surface area (Å²) in [6.07, 6.45) is 6.48. The minimum atomic E-state index is -0.207. The molecule has 0 spiro atoms. The fourth-order valence-electron chi connectivity index (χ4n) is 4.87. The molecule has 3 aliphatic rings. The number of anilines is 1. The molecule has 2 saturated carbocycles. The van der Waals surface area contributed by atoms with Gasteiger partial charge in [0.2, 0.25) is 0 Å². The molecule has 4 nitrogen and oxygen atoms in total. The molecule has 2 fully saturated rings. The monoisotopic (exact) mass is 373 g/mol. The lowest BCUT2D eigenvalue weighted by atomic mass is 9.86. The van der Waals surface area contributed by atoms with Gasteiger partial charge < -0.3 is 9.64 Å². The van der Waals surface area contributed by atoms with Crippen LogP contribution in [0.4, 0.5) is 5.69 Å². The summed E-state index contributed by atoms with van der Waals surface area (Å²) in [5, 5.41) is 0.467. The van der Waals surface area contributed by atoms with E-state index in [0.29, 0.717) is 30.1 Å². The van der Waals surface area contributed by atoms with Crippen molar-refractivity contribution >= 4 is 29.3 Å². The number of nitrogens with zero attached hydrogens (tertiary/aromatic N) is 1. The molecule has 4 atom stereocenters. The largest absolute Gasteiger partial charge is 0.456 e. The Hall–Kier alpha value is -1.49. The van der Waals surface area contributed by atoms with Crippen LogP contribution in [0.15, 0.2) is 29.2 Å². The molecule has 1 aromatic rings. The topological polar surface area (TPSA) is 46.6 Å². The van der Waals surface area contributed by atoms with Crippen LogP contribution in [0.1, 0.15) is 45.4 Å². The molecule has 2 aliphatic carbocycles. The van der Waals surface area contributed by atoms with Gasteiger partial charge in [-0.25, -0.2) is 0 Å². The van der Waals surface area contributed by atoms with Crippen molar-refractivity contribution in [3.63, 3.8) is 0 Å².